The topological polar surface area (TPSA) is 0 Å². The van der Waals surface area contributed by atoms with Gasteiger partial charge in [-0.25, -0.2) is 0 Å². The van der Waals surface area contributed by atoms with Gasteiger partial charge in [-0.3, -0.25) is 0 Å². The summed E-state index contributed by atoms with van der Waals surface area (Å²) in [6, 6.07) is 0. The Morgan fingerprint density at radius 2 is 1.17 bits per heavy atom. The van der Waals surface area contributed by atoms with Gasteiger partial charge in [0.1, 0.15) is 0 Å². The minimum Gasteiger partial charge on any atom is -0.123 e. The third kappa shape index (κ3) is 19.2. The van der Waals surface area contributed by atoms with Crippen molar-refractivity contribution >= 4 is 16.5 Å². The fraction of sp³-hybridized carbons (Fsp3) is 1.00. The first-order valence-electron chi connectivity index (χ1n) is 8.19. The average Bonchev–Trinajstić information content (AvgIpc) is 2.40. The molecule has 0 radical (unpaired) electrons. The Hall–Kier alpha value is 0.860. The van der Waals surface area contributed by atoms with Crippen LogP contribution in [-0.2, 0) is 0 Å². The van der Waals surface area contributed by atoms with E-state index in [4.69, 9.17) is 0 Å². The van der Waals surface area contributed by atoms with Gasteiger partial charge >= 0.3 is 0 Å². The second-order valence-electron chi connectivity index (χ2n) is 4.75. The third-order valence-electron chi connectivity index (χ3n) is 3.22. The maximum atomic E-state index is 2.35. The molecule has 0 aromatic carbocycles. The summed E-state index contributed by atoms with van der Waals surface area (Å²) < 4.78 is 0. The Kier molecular flexibility index (Phi) is 23.7. The van der Waals surface area contributed by atoms with Crippen LogP contribution in [0.3, 0.4) is 0 Å². The molecule has 0 fully saturated rings. The normalized spacial score (nSPS) is 10.3. The quantitative estimate of drug-likeness (QED) is 0.298. The van der Waals surface area contributed by atoms with Crippen LogP contribution in [0, 0.1) is 0 Å². The third-order valence-corrected chi connectivity index (χ3v) is 6.96. The molecule has 0 N–H and O–H groups in total. The van der Waals surface area contributed by atoms with Crippen molar-refractivity contribution in [1.29, 1.82) is 0 Å². The van der Waals surface area contributed by atoms with Crippen molar-refractivity contribution in [3.05, 3.63) is 0 Å². The van der Waals surface area contributed by atoms with Gasteiger partial charge in [0.15, 0.2) is 0 Å². The Balaban J connectivity index is 0. The summed E-state index contributed by atoms with van der Waals surface area (Å²) in [4.78, 5) is 0. The molecule has 0 heterocycles. The first kappa shape index (κ1) is 21.2. The second-order valence-corrected chi connectivity index (χ2v) is 9.72. The maximum Gasteiger partial charge on any atom is -0.0326 e. The van der Waals surface area contributed by atoms with Crippen molar-refractivity contribution in [3.63, 3.8) is 0 Å². The molecule has 0 bridgehead atoms. The molecular weight excluding hydrogens is 254 g/mol. The Bertz CT molecular complexity index is 120. The highest BCUT2D eigenvalue weighted by Crippen LogP contribution is 2.35. The number of unbranched alkanes of at least 4 members (excludes halogenated alkanes) is 5. The van der Waals surface area contributed by atoms with E-state index in [9.17, 15) is 0 Å². The Morgan fingerprint density at radius 1 is 0.667 bits per heavy atom. The predicted octanol–water partition coefficient (Wildman–Crippen LogP) is 6.57. The van der Waals surface area contributed by atoms with Crippen LogP contribution in [0.2, 0.25) is 0 Å². The van der Waals surface area contributed by atoms with Crippen LogP contribution < -0.4 is 0 Å². The van der Waals surface area contributed by atoms with Crippen LogP contribution in [0.5, 0.6) is 0 Å². The van der Waals surface area contributed by atoms with Crippen molar-refractivity contribution < 1.29 is 0 Å². The van der Waals surface area contributed by atoms with E-state index in [0.29, 0.717) is 7.92 Å². The minimum absolute atomic E-state index is 0.419. The van der Waals surface area contributed by atoms with Crippen molar-refractivity contribution in [2.45, 2.75) is 73.1 Å². The van der Waals surface area contributed by atoms with E-state index in [1.165, 1.54) is 77.9 Å². The van der Waals surface area contributed by atoms with Crippen molar-refractivity contribution in [2.75, 3.05) is 30.8 Å². The summed E-state index contributed by atoms with van der Waals surface area (Å²) in [5.74, 6) is 0. The average molecular weight is 292 g/mol. The molecule has 0 unspecified atom stereocenters. The molecule has 0 aliphatic rings. The molecule has 0 rings (SSSR count). The zero-order chi connectivity index (χ0) is 14.1. The van der Waals surface area contributed by atoms with Crippen LogP contribution in [-0.4, -0.2) is 30.8 Å². The molecule has 0 aromatic rings. The van der Waals surface area contributed by atoms with Gasteiger partial charge in [0.25, 0.3) is 0 Å². The summed E-state index contributed by atoms with van der Waals surface area (Å²) in [7, 11) is 1.62. The Labute approximate surface area is 121 Å². The smallest absolute Gasteiger partial charge is 0.0326 e. The number of hydrogen-bond donors (Lipinski definition) is 0. The van der Waals surface area contributed by atoms with E-state index in [-0.39, 0.29) is 0 Å². The molecule has 0 nitrogen and oxygen atoms in total. The fourth-order valence-electron chi connectivity index (χ4n) is 1.91. The lowest BCUT2D eigenvalue weighted by atomic mass is 10.1. The largest absolute Gasteiger partial charge is 0.123 e. The van der Waals surface area contributed by atoms with Crippen LogP contribution in [0.25, 0.3) is 0 Å². The lowest BCUT2D eigenvalue weighted by molar-refractivity contribution is 0.626. The number of rotatable bonds is 11. The first-order chi connectivity index (χ1) is 8.76. The molecule has 0 amide bonds. The van der Waals surface area contributed by atoms with Gasteiger partial charge < -0.3 is 0 Å². The molecule has 0 saturated carbocycles. The summed E-state index contributed by atoms with van der Waals surface area (Å²) >= 11 is 0. The zero-order valence-electron chi connectivity index (χ0n) is 13.7. The lowest BCUT2D eigenvalue weighted by Crippen LogP contribution is -1.90. The summed E-state index contributed by atoms with van der Waals surface area (Å²) in [5, 5.41) is 0. The van der Waals surface area contributed by atoms with Gasteiger partial charge in [-0.2, -0.15) is 0 Å². The highest BCUT2D eigenvalue weighted by atomic mass is 31.1. The predicted molar refractivity (Wildman–Crippen MR) is 95.6 cm³/mol. The Morgan fingerprint density at radius 3 is 1.56 bits per heavy atom. The van der Waals surface area contributed by atoms with Crippen molar-refractivity contribution in [3.8, 4) is 0 Å². The maximum absolute atomic E-state index is 2.35. The zero-order valence-corrected chi connectivity index (χ0v) is 15.6. The monoisotopic (exact) mass is 292 g/mol. The molecule has 0 atom stereocenters. The summed E-state index contributed by atoms with van der Waals surface area (Å²) in [6.07, 6.45) is 15.9. The highest BCUT2D eigenvalue weighted by Gasteiger charge is 2.00. The highest BCUT2D eigenvalue weighted by molar-refractivity contribution is 7.57. The van der Waals surface area contributed by atoms with E-state index in [2.05, 4.69) is 34.6 Å². The van der Waals surface area contributed by atoms with Gasteiger partial charge in [-0.05, 0) is 37.2 Å². The van der Waals surface area contributed by atoms with E-state index in [1.807, 2.05) is 0 Å². The first-order valence-corrected chi connectivity index (χ1v) is 11.5. The summed E-state index contributed by atoms with van der Waals surface area (Å²) in [6.45, 7) is 11.4. The van der Waals surface area contributed by atoms with Crippen molar-refractivity contribution in [1.82, 2.24) is 0 Å². The molecule has 0 aliphatic heterocycles. The van der Waals surface area contributed by atoms with E-state index < -0.39 is 0 Å². The van der Waals surface area contributed by atoms with Gasteiger partial charge in [0, 0.05) is 0 Å². The van der Waals surface area contributed by atoms with Crippen LogP contribution in [0.4, 0.5) is 0 Å². The minimum atomic E-state index is 0.419. The van der Waals surface area contributed by atoms with Crippen LogP contribution in [0.1, 0.15) is 73.1 Å². The molecular formula is C16H38P2. The molecule has 0 spiro atoms. The van der Waals surface area contributed by atoms with E-state index in [0.717, 1.165) is 0 Å². The lowest BCUT2D eigenvalue weighted by Gasteiger charge is -2.12. The molecule has 18 heavy (non-hydrogen) atoms. The molecule has 112 valence electrons. The summed E-state index contributed by atoms with van der Waals surface area (Å²) in [5.41, 5.74) is 0. The molecule has 0 aromatic heterocycles. The standard InChI is InChI=1S/C12H27P.C4H11P/c1-4-7-8-9-10-11-12-13(5-2)6-3;1-3-5-4-2/h4-12H2,1-3H3;5H,3-4H2,1-2H3. The SMILES string of the molecule is CCCCCCCCP(CC)CC.CCPCC. The second kappa shape index (κ2) is 20.2. The number of hydrogen-bond acceptors (Lipinski definition) is 0. The molecule has 2 heteroatoms. The van der Waals surface area contributed by atoms with E-state index >= 15 is 0 Å². The van der Waals surface area contributed by atoms with Gasteiger partial charge in [0.05, 0.1) is 0 Å². The fourth-order valence-corrected chi connectivity index (χ4v) is 4.16. The van der Waals surface area contributed by atoms with Gasteiger partial charge in [0.2, 0.25) is 0 Å². The molecule has 0 aliphatic carbocycles. The molecule has 0 saturated heterocycles. The van der Waals surface area contributed by atoms with Crippen LogP contribution >= 0.6 is 16.5 Å². The van der Waals surface area contributed by atoms with Gasteiger partial charge in [-0.15, -0.1) is 16.5 Å². The van der Waals surface area contributed by atoms with E-state index in [1.54, 1.807) is 0 Å². The van der Waals surface area contributed by atoms with Crippen LogP contribution in [0.15, 0.2) is 0 Å². The van der Waals surface area contributed by atoms with Crippen molar-refractivity contribution in [2.24, 2.45) is 0 Å². The van der Waals surface area contributed by atoms with Gasteiger partial charge in [-0.1, -0.05) is 66.7 Å².